The van der Waals surface area contributed by atoms with Crippen LogP contribution in [0.4, 0.5) is 11.4 Å². The van der Waals surface area contributed by atoms with E-state index in [2.05, 4.69) is 16.8 Å². The second kappa shape index (κ2) is 8.30. The van der Waals surface area contributed by atoms with Crippen molar-refractivity contribution < 1.29 is 19.4 Å². The maximum Gasteiger partial charge on any atom is 0.333 e. The van der Waals surface area contributed by atoms with Crippen LogP contribution in [0.3, 0.4) is 0 Å². The molecule has 2 rings (SSSR count). The van der Waals surface area contributed by atoms with Gasteiger partial charge in [-0.2, -0.15) is 5.11 Å². The molecule has 0 aromatic heterocycles. The number of phenolic OH excluding ortho intramolecular Hbond substituents is 1. The first-order valence-electron chi connectivity index (χ1n) is 7.30. The lowest BCUT2D eigenvalue weighted by molar-refractivity contribution is -0.140. The Morgan fingerprint density at radius 2 is 1.92 bits per heavy atom. The fraction of sp³-hybridized carbons (Fsp3) is 0.167. The van der Waals surface area contributed by atoms with Gasteiger partial charge >= 0.3 is 5.97 Å². The molecule has 0 radical (unpaired) electrons. The van der Waals surface area contributed by atoms with Crippen LogP contribution in [-0.2, 0) is 16.1 Å². The largest absolute Gasteiger partial charge is 0.505 e. The second-order valence-corrected chi connectivity index (χ2v) is 5.62. The fourth-order valence-corrected chi connectivity index (χ4v) is 2.09. The summed E-state index contributed by atoms with van der Waals surface area (Å²) in [7, 11) is 1.57. The van der Waals surface area contributed by atoms with Crippen LogP contribution < -0.4 is 4.74 Å². The molecule has 6 nitrogen and oxygen atoms in total. The van der Waals surface area contributed by atoms with Crippen LogP contribution >= 0.6 is 11.6 Å². The Balaban J connectivity index is 2.21. The lowest BCUT2D eigenvalue weighted by Gasteiger charge is -2.09. The van der Waals surface area contributed by atoms with E-state index in [4.69, 9.17) is 21.1 Å². The molecule has 0 amide bonds. The Bertz CT molecular complexity index is 817. The summed E-state index contributed by atoms with van der Waals surface area (Å²) in [6.45, 7) is 4.88. The molecular weight excluding hydrogens is 344 g/mol. The standard InChI is InChI=1S/C18H17ClN2O4/c1-11(2)18(23)25-10-12-8-13(19)9-16(17(12)22)21-20-14-4-6-15(24-3)7-5-14/h4-9,22H,1,10H2,2-3H3. The summed E-state index contributed by atoms with van der Waals surface area (Å²) in [4.78, 5) is 11.5. The maximum atomic E-state index is 11.5. The molecule has 0 bridgehead atoms. The number of hydrogen-bond acceptors (Lipinski definition) is 6. The molecule has 2 aromatic carbocycles. The molecule has 0 heterocycles. The third kappa shape index (κ3) is 5.06. The molecule has 1 N–H and O–H groups in total. The minimum absolute atomic E-state index is 0.150. The number of azo groups is 1. The van der Waals surface area contributed by atoms with E-state index in [0.717, 1.165) is 0 Å². The Morgan fingerprint density at radius 3 is 2.52 bits per heavy atom. The van der Waals surface area contributed by atoms with Gasteiger partial charge in [0.15, 0.2) is 0 Å². The summed E-state index contributed by atoms with van der Waals surface area (Å²) in [6, 6.07) is 9.89. The number of methoxy groups -OCH3 is 1. The lowest BCUT2D eigenvalue weighted by Crippen LogP contribution is -2.05. The van der Waals surface area contributed by atoms with Gasteiger partial charge in [0.2, 0.25) is 0 Å². The SMILES string of the molecule is C=C(C)C(=O)OCc1cc(Cl)cc(N=Nc2ccc(OC)cc2)c1O. The zero-order valence-electron chi connectivity index (χ0n) is 13.8. The van der Waals surface area contributed by atoms with Gasteiger partial charge in [-0.05, 0) is 43.3 Å². The number of esters is 1. The monoisotopic (exact) mass is 360 g/mol. The number of ether oxygens (including phenoxy) is 2. The second-order valence-electron chi connectivity index (χ2n) is 5.19. The zero-order valence-corrected chi connectivity index (χ0v) is 14.6. The van der Waals surface area contributed by atoms with Gasteiger partial charge in [0.25, 0.3) is 0 Å². The average molecular weight is 361 g/mol. The van der Waals surface area contributed by atoms with E-state index in [1.807, 2.05) is 0 Å². The van der Waals surface area contributed by atoms with Crippen LogP contribution in [0.1, 0.15) is 12.5 Å². The zero-order chi connectivity index (χ0) is 18.4. The fourth-order valence-electron chi connectivity index (χ4n) is 1.85. The molecule has 0 aliphatic rings. The quantitative estimate of drug-likeness (QED) is 0.442. The molecule has 0 unspecified atom stereocenters. The topological polar surface area (TPSA) is 80.5 Å². The predicted octanol–water partition coefficient (Wildman–Crippen LogP) is 5.09. The summed E-state index contributed by atoms with van der Waals surface area (Å²) >= 11 is 6.03. The average Bonchev–Trinajstić information content (AvgIpc) is 2.60. The first-order valence-corrected chi connectivity index (χ1v) is 7.68. The lowest BCUT2D eigenvalue weighted by atomic mass is 10.2. The van der Waals surface area contributed by atoms with Crippen molar-refractivity contribution in [3.8, 4) is 11.5 Å². The van der Waals surface area contributed by atoms with Crippen molar-refractivity contribution in [2.75, 3.05) is 7.11 Å². The highest BCUT2D eigenvalue weighted by molar-refractivity contribution is 6.31. The Hall–Kier alpha value is -2.86. The van der Waals surface area contributed by atoms with E-state index >= 15 is 0 Å². The van der Waals surface area contributed by atoms with Gasteiger partial charge in [0.05, 0.1) is 12.8 Å². The van der Waals surface area contributed by atoms with E-state index in [1.54, 1.807) is 31.4 Å². The Morgan fingerprint density at radius 1 is 1.24 bits per heavy atom. The molecular formula is C18H17ClN2O4. The van der Waals surface area contributed by atoms with Crippen LogP contribution in [0.2, 0.25) is 5.02 Å². The van der Waals surface area contributed by atoms with Crippen LogP contribution in [0.5, 0.6) is 11.5 Å². The van der Waals surface area contributed by atoms with Crippen LogP contribution in [-0.4, -0.2) is 18.2 Å². The number of carbonyl (C=O) groups is 1. The summed E-state index contributed by atoms with van der Waals surface area (Å²) in [5.41, 5.74) is 1.34. The molecule has 25 heavy (non-hydrogen) atoms. The van der Waals surface area contributed by atoms with Gasteiger partial charge in [-0.25, -0.2) is 4.79 Å². The van der Waals surface area contributed by atoms with Crippen LogP contribution in [0.15, 0.2) is 58.8 Å². The Kier molecular flexibility index (Phi) is 6.14. The molecule has 130 valence electrons. The number of rotatable bonds is 6. The number of carbonyl (C=O) groups excluding carboxylic acids is 1. The van der Waals surface area contributed by atoms with Gasteiger partial charge in [-0.3, -0.25) is 0 Å². The molecule has 0 aliphatic heterocycles. The minimum atomic E-state index is -0.555. The van der Waals surface area contributed by atoms with E-state index in [9.17, 15) is 9.90 Å². The highest BCUT2D eigenvalue weighted by Crippen LogP contribution is 2.35. The molecule has 0 saturated heterocycles. The molecule has 0 aliphatic carbocycles. The molecule has 0 atom stereocenters. The number of hydrogen-bond donors (Lipinski definition) is 1. The smallest absolute Gasteiger partial charge is 0.333 e. The summed E-state index contributed by atoms with van der Waals surface area (Å²) in [5, 5.41) is 18.7. The minimum Gasteiger partial charge on any atom is -0.505 e. The van der Waals surface area contributed by atoms with Crippen LogP contribution in [0.25, 0.3) is 0 Å². The number of phenols is 1. The number of benzene rings is 2. The van der Waals surface area contributed by atoms with Gasteiger partial charge in [-0.1, -0.05) is 18.2 Å². The molecule has 7 heteroatoms. The number of nitrogens with zero attached hydrogens (tertiary/aromatic N) is 2. The van der Waals surface area contributed by atoms with E-state index in [0.29, 0.717) is 22.0 Å². The van der Waals surface area contributed by atoms with Gasteiger partial charge in [0, 0.05) is 16.2 Å². The summed E-state index contributed by atoms with van der Waals surface area (Å²) < 4.78 is 10.1. The predicted molar refractivity (Wildman–Crippen MR) is 94.9 cm³/mol. The third-order valence-electron chi connectivity index (χ3n) is 3.19. The van der Waals surface area contributed by atoms with E-state index in [-0.39, 0.29) is 23.6 Å². The normalized spacial score (nSPS) is 10.7. The van der Waals surface area contributed by atoms with Crippen molar-refractivity contribution in [1.82, 2.24) is 0 Å². The summed E-state index contributed by atoms with van der Waals surface area (Å²) in [6.07, 6.45) is 0. The highest BCUT2D eigenvalue weighted by atomic mass is 35.5. The third-order valence-corrected chi connectivity index (χ3v) is 3.40. The van der Waals surface area contributed by atoms with Crippen molar-refractivity contribution in [1.29, 1.82) is 0 Å². The highest BCUT2D eigenvalue weighted by Gasteiger charge is 2.12. The molecule has 0 fully saturated rings. The first-order chi connectivity index (χ1) is 11.9. The van der Waals surface area contributed by atoms with Crippen molar-refractivity contribution in [3.05, 3.63) is 59.1 Å². The van der Waals surface area contributed by atoms with Gasteiger partial charge in [-0.15, -0.1) is 5.11 Å². The molecule has 2 aromatic rings. The Labute approximate surface area is 150 Å². The number of aromatic hydroxyl groups is 1. The van der Waals surface area contributed by atoms with Gasteiger partial charge in [0.1, 0.15) is 23.8 Å². The molecule has 0 spiro atoms. The maximum absolute atomic E-state index is 11.5. The van der Waals surface area contributed by atoms with Crippen molar-refractivity contribution in [2.24, 2.45) is 10.2 Å². The van der Waals surface area contributed by atoms with Crippen molar-refractivity contribution in [2.45, 2.75) is 13.5 Å². The van der Waals surface area contributed by atoms with Gasteiger partial charge < -0.3 is 14.6 Å². The van der Waals surface area contributed by atoms with Crippen molar-refractivity contribution >= 4 is 28.9 Å². The van der Waals surface area contributed by atoms with Crippen LogP contribution in [0, 0.1) is 0 Å². The van der Waals surface area contributed by atoms with E-state index in [1.165, 1.54) is 19.1 Å². The summed E-state index contributed by atoms with van der Waals surface area (Å²) in [5.74, 6) is -0.0110. The number of halogens is 1. The van der Waals surface area contributed by atoms with Crippen molar-refractivity contribution in [3.63, 3.8) is 0 Å². The first kappa shape index (κ1) is 18.5. The van der Waals surface area contributed by atoms with E-state index < -0.39 is 5.97 Å². The molecule has 0 saturated carbocycles.